The van der Waals surface area contributed by atoms with Crippen molar-refractivity contribution in [2.45, 2.75) is 135 Å². The Balaban J connectivity index is 0.000000185. The zero-order valence-electron chi connectivity index (χ0n) is 29.1. The van der Waals surface area contributed by atoms with Crippen molar-refractivity contribution in [3.05, 3.63) is 24.8 Å². The van der Waals surface area contributed by atoms with E-state index in [0.29, 0.717) is 29.2 Å². The van der Waals surface area contributed by atoms with E-state index in [-0.39, 0.29) is 24.4 Å². The van der Waals surface area contributed by atoms with Crippen molar-refractivity contribution in [2.24, 2.45) is 47.3 Å². The standard InChI is InChI=1S/C20H30O4.C19H28O4/c1-4-5-6-20(24-18(21)12-23-19(22)13(2)3)16-8-14-7-15(10-16)11-17(20)9-14;1-3-5-6-19(23-18(21)12-22-17(20)4-2)15-8-13-7-14(10-15)11-16(19)9-13/h14-17H,2,4-12H2,1,3H3;4,13-16H,2-3,5-12H2,1H3. The van der Waals surface area contributed by atoms with Crippen LogP contribution in [0.2, 0.25) is 0 Å². The van der Waals surface area contributed by atoms with E-state index in [1.54, 1.807) is 6.92 Å². The minimum Gasteiger partial charge on any atom is -0.456 e. The molecule has 262 valence electrons. The minimum absolute atomic E-state index is 0.300. The van der Waals surface area contributed by atoms with Crippen LogP contribution >= 0.6 is 0 Å². The van der Waals surface area contributed by atoms with Gasteiger partial charge in [0, 0.05) is 11.6 Å². The quantitative estimate of drug-likeness (QED) is 0.107. The SMILES string of the molecule is C=C(C)C(=O)OCC(=O)OC1(CCCC)C2CC3CC(C2)CC1C3.C=CC(=O)OCC(=O)OC1(CCCC)C2CC3CC(C2)CC1C3. The molecular formula is C39H58O8. The fraction of sp³-hybridized carbons (Fsp3) is 0.795. The molecule has 8 bridgehead atoms. The molecule has 0 spiro atoms. The summed E-state index contributed by atoms with van der Waals surface area (Å²) < 4.78 is 22.0. The summed E-state index contributed by atoms with van der Waals surface area (Å²) >= 11 is 0. The third-order valence-corrected chi connectivity index (χ3v) is 12.7. The molecule has 8 aliphatic rings. The van der Waals surface area contributed by atoms with Gasteiger partial charge in [0.1, 0.15) is 11.2 Å². The maximum atomic E-state index is 12.4. The van der Waals surface area contributed by atoms with E-state index in [2.05, 4.69) is 27.0 Å². The smallest absolute Gasteiger partial charge is 0.344 e. The third-order valence-electron chi connectivity index (χ3n) is 12.7. The molecule has 8 fully saturated rings. The minimum atomic E-state index is -0.574. The lowest BCUT2D eigenvalue weighted by Gasteiger charge is -2.60. The average molecular weight is 655 g/mol. The van der Waals surface area contributed by atoms with Crippen molar-refractivity contribution in [3.63, 3.8) is 0 Å². The molecule has 0 N–H and O–H groups in total. The van der Waals surface area contributed by atoms with E-state index >= 15 is 0 Å². The van der Waals surface area contributed by atoms with Gasteiger partial charge in [-0.2, -0.15) is 0 Å². The van der Waals surface area contributed by atoms with Gasteiger partial charge in [0.2, 0.25) is 0 Å². The molecule has 0 aromatic heterocycles. The summed E-state index contributed by atoms with van der Waals surface area (Å²) in [5, 5.41) is 0. The summed E-state index contributed by atoms with van der Waals surface area (Å²) in [6.45, 7) is 12.2. The second kappa shape index (κ2) is 15.3. The molecule has 0 atom stereocenters. The lowest BCUT2D eigenvalue weighted by molar-refractivity contribution is -0.216. The van der Waals surface area contributed by atoms with E-state index < -0.39 is 23.9 Å². The van der Waals surface area contributed by atoms with E-state index in [1.165, 1.54) is 64.2 Å². The number of hydrogen-bond donors (Lipinski definition) is 0. The van der Waals surface area contributed by atoms with Crippen molar-refractivity contribution in [3.8, 4) is 0 Å². The average Bonchev–Trinajstić information content (AvgIpc) is 3.04. The second-order valence-electron chi connectivity index (χ2n) is 15.8. The number of carbonyl (C=O) groups is 4. The molecule has 0 radical (unpaired) electrons. The van der Waals surface area contributed by atoms with Crippen LogP contribution in [0.3, 0.4) is 0 Å². The van der Waals surface area contributed by atoms with Gasteiger partial charge in [-0.3, -0.25) is 0 Å². The molecule has 0 aromatic carbocycles. The molecule has 0 unspecified atom stereocenters. The molecule has 8 heteroatoms. The molecule has 0 aromatic rings. The number of unbranched alkanes of at least 4 members (excludes halogenated alkanes) is 2. The summed E-state index contributed by atoms with van der Waals surface area (Å²) in [6, 6.07) is 0. The predicted molar refractivity (Wildman–Crippen MR) is 178 cm³/mol. The second-order valence-corrected chi connectivity index (χ2v) is 15.8. The zero-order valence-corrected chi connectivity index (χ0v) is 29.1. The van der Waals surface area contributed by atoms with Crippen LogP contribution in [-0.4, -0.2) is 48.3 Å². The molecule has 0 amide bonds. The van der Waals surface area contributed by atoms with Gasteiger partial charge < -0.3 is 18.9 Å². The summed E-state index contributed by atoms with van der Waals surface area (Å²) in [6.07, 6.45) is 19.8. The van der Waals surface area contributed by atoms with Gasteiger partial charge in [-0.05, 0) is 144 Å². The van der Waals surface area contributed by atoms with Crippen LogP contribution in [0.5, 0.6) is 0 Å². The molecule has 0 aliphatic heterocycles. The van der Waals surface area contributed by atoms with E-state index in [0.717, 1.165) is 68.3 Å². The van der Waals surface area contributed by atoms with E-state index in [9.17, 15) is 19.2 Å². The van der Waals surface area contributed by atoms with Gasteiger partial charge in [-0.1, -0.05) is 39.8 Å². The lowest BCUT2D eigenvalue weighted by Crippen LogP contribution is -2.59. The number of rotatable bonds is 14. The van der Waals surface area contributed by atoms with Crippen molar-refractivity contribution in [1.29, 1.82) is 0 Å². The van der Waals surface area contributed by atoms with Gasteiger partial charge in [-0.25, -0.2) is 19.2 Å². The van der Waals surface area contributed by atoms with Gasteiger partial charge in [-0.15, -0.1) is 0 Å². The van der Waals surface area contributed by atoms with Crippen LogP contribution in [0.25, 0.3) is 0 Å². The maximum absolute atomic E-state index is 12.4. The number of hydrogen-bond acceptors (Lipinski definition) is 8. The van der Waals surface area contributed by atoms with Crippen molar-refractivity contribution in [2.75, 3.05) is 13.2 Å². The van der Waals surface area contributed by atoms with Gasteiger partial charge in [0.15, 0.2) is 13.2 Å². The van der Waals surface area contributed by atoms with Crippen LogP contribution in [0.15, 0.2) is 24.8 Å². The Morgan fingerprint density at radius 1 is 0.638 bits per heavy atom. The fourth-order valence-corrected chi connectivity index (χ4v) is 11.0. The maximum Gasteiger partial charge on any atom is 0.344 e. The summed E-state index contributed by atoms with van der Waals surface area (Å²) in [5.41, 5.74) is -0.310. The van der Waals surface area contributed by atoms with Crippen molar-refractivity contribution in [1.82, 2.24) is 0 Å². The fourth-order valence-electron chi connectivity index (χ4n) is 11.0. The molecule has 8 rings (SSSR count). The largest absolute Gasteiger partial charge is 0.456 e. The number of carbonyl (C=O) groups excluding carboxylic acids is 4. The van der Waals surface area contributed by atoms with Crippen LogP contribution in [-0.2, 0) is 38.1 Å². The molecule has 8 saturated carbocycles. The predicted octanol–water partition coefficient (Wildman–Crippen LogP) is 7.68. The topological polar surface area (TPSA) is 105 Å². The molecule has 8 nitrogen and oxygen atoms in total. The molecular weight excluding hydrogens is 596 g/mol. The van der Waals surface area contributed by atoms with Crippen molar-refractivity contribution >= 4 is 23.9 Å². The number of esters is 4. The molecule has 0 heterocycles. The zero-order chi connectivity index (χ0) is 33.8. The van der Waals surface area contributed by atoms with E-state index in [1.807, 2.05) is 0 Å². The first kappa shape index (κ1) is 35.7. The van der Waals surface area contributed by atoms with Crippen LogP contribution in [0, 0.1) is 47.3 Å². The summed E-state index contributed by atoms with van der Waals surface area (Å²) in [5.74, 6) is 3.46. The van der Waals surface area contributed by atoms with Crippen LogP contribution in [0.4, 0.5) is 0 Å². The Hall–Kier alpha value is -2.64. The lowest BCUT2D eigenvalue weighted by atomic mass is 9.49. The number of ether oxygens (including phenoxy) is 4. The van der Waals surface area contributed by atoms with Crippen molar-refractivity contribution < 1.29 is 38.1 Å². The Kier molecular flexibility index (Phi) is 11.6. The Bertz CT molecular complexity index is 1130. The molecule has 47 heavy (non-hydrogen) atoms. The van der Waals surface area contributed by atoms with Crippen LogP contribution in [0.1, 0.15) is 124 Å². The van der Waals surface area contributed by atoms with Gasteiger partial charge in [0.05, 0.1) is 0 Å². The highest BCUT2D eigenvalue weighted by Crippen LogP contribution is 2.62. The van der Waals surface area contributed by atoms with Gasteiger partial charge in [0.25, 0.3) is 0 Å². The highest BCUT2D eigenvalue weighted by Gasteiger charge is 2.60. The molecule has 0 saturated heterocycles. The molecule has 8 aliphatic carbocycles. The highest BCUT2D eigenvalue weighted by molar-refractivity contribution is 5.88. The first-order valence-corrected chi connectivity index (χ1v) is 18.6. The summed E-state index contributed by atoms with van der Waals surface area (Å²) in [4.78, 5) is 47.4. The van der Waals surface area contributed by atoms with Crippen LogP contribution < -0.4 is 0 Å². The van der Waals surface area contributed by atoms with E-state index in [4.69, 9.17) is 18.9 Å². The Morgan fingerprint density at radius 3 is 1.32 bits per heavy atom. The first-order valence-electron chi connectivity index (χ1n) is 18.6. The first-order chi connectivity index (χ1) is 22.5. The highest BCUT2D eigenvalue weighted by atomic mass is 16.6. The monoisotopic (exact) mass is 654 g/mol. The Labute approximate surface area is 281 Å². The van der Waals surface area contributed by atoms with Gasteiger partial charge >= 0.3 is 23.9 Å². The summed E-state index contributed by atoms with van der Waals surface area (Å²) in [7, 11) is 0. The normalized spacial score (nSPS) is 36.9. The third kappa shape index (κ3) is 7.83. The Morgan fingerprint density at radius 2 is 1.00 bits per heavy atom.